The lowest BCUT2D eigenvalue weighted by molar-refractivity contribution is 0.669. The number of rotatable bonds is 5. The van der Waals surface area contributed by atoms with Crippen molar-refractivity contribution in [3.05, 3.63) is 224 Å². The molecule has 298 valence electrons. The summed E-state index contributed by atoms with van der Waals surface area (Å²) in [6.45, 7) is 0. The minimum atomic E-state index is 0.862. The predicted molar refractivity (Wildman–Crippen MR) is 268 cm³/mol. The van der Waals surface area contributed by atoms with Crippen molar-refractivity contribution >= 4 is 87.4 Å². The Kier molecular flexibility index (Phi) is 7.36. The molecule has 10 aromatic carbocycles. The molecule has 0 unspecified atom stereocenters. The number of benzene rings is 10. The molecule has 0 saturated heterocycles. The third-order valence-electron chi connectivity index (χ3n) is 13.5. The number of nitrogens with zero attached hydrogens (tertiary/aromatic N) is 3. The molecule has 0 radical (unpaired) electrons. The molecule has 0 amide bonds. The van der Waals surface area contributed by atoms with Crippen LogP contribution in [0.4, 0.5) is 0 Å². The lowest BCUT2D eigenvalue weighted by atomic mass is 9.92. The summed E-state index contributed by atoms with van der Waals surface area (Å²) < 4.78 is 14.1. The Morgan fingerprint density at radius 3 is 1.41 bits per heavy atom. The number of hydrogen-bond acceptors (Lipinski definition) is 1. The minimum Gasteiger partial charge on any atom is -0.456 e. The second-order valence-electron chi connectivity index (χ2n) is 16.8. The molecule has 4 nitrogen and oxygen atoms in total. The first-order valence-electron chi connectivity index (χ1n) is 21.9. The highest BCUT2D eigenvalue weighted by atomic mass is 16.3. The monoisotopic (exact) mass is 815 g/mol. The quantitative estimate of drug-likeness (QED) is 0.170. The highest BCUT2D eigenvalue weighted by molar-refractivity contribution is 6.19. The van der Waals surface area contributed by atoms with Crippen molar-refractivity contribution in [1.29, 1.82) is 0 Å². The van der Waals surface area contributed by atoms with Gasteiger partial charge in [-0.05, 0) is 95.1 Å². The average molecular weight is 816 g/mol. The van der Waals surface area contributed by atoms with Crippen molar-refractivity contribution in [2.24, 2.45) is 0 Å². The maximum absolute atomic E-state index is 6.77. The van der Waals surface area contributed by atoms with Crippen LogP contribution in [0.3, 0.4) is 0 Å². The summed E-state index contributed by atoms with van der Waals surface area (Å²) in [5, 5.41) is 9.58. The van der Waals surface area contributed by atoms with Gasteiger partial charge in [-0.1, -0.05) is 152 Å². The highest BCUT2D eigenvalue weighted by Crippen LogP contribution is 2.45. The second kappa shape index (κ2) is 13.4. The summed E-state index contributed by atoms with van der Waals surface area (Å²) in [5.74, 6) is 0. The van der Waals surface area contributed by atoms with E-state index in [1.807, 2.05) is 0 Å². The molecule has 4 heteroatoms. The average Bonchev–Trinajstić information content (AvgIpc) is 4.10. The van der Waals surface area contributed by atoms with Gasteiger partial charge in [-0.2, -0.15) is 0 Å². The van der Waals surface area contributed by atoms with Crippen LogP contribution in [0.1, 0.15) is 0 Å². The van der Waals surface area contributed by atoms with E-state index in [1.54, 1.807) is 0 Å². The molecule has 0 bridgehead atoms. The van der Waals surface area contributed by atoms with Gasteiger partial charge in [0, 0.05) is 49.1 Å². The standard InChI is InChI=1S/C60H37N3O/c1-2-16-38(17-3-1)41-18-4-5-19-42(41)48-24-14-30-57-59(48)60-55(29-15-31-58(60)64-57)63-53-28-13-8-22-45(53)47-34-32-40(37-56(47)63)62-52-27-12-9-23-46(52)49-36-39(33-35-54(49)62)61-50-25-10-6-20-43(50)44-21-7-11-26-51(44)61/h1-37H. The van der Waals surface area contributed by atoms with E-state index >= 15 is 0 Å². The first-order valence-corrected chi connectivity index (χ1v) is 21.9. The molecule has 0 N–H and O–H groups in total. The zero-order chi connectivity index (χ0) is 41.9. The van der Waals surface area contributed by atoms with Crippen LogP contribution in [0.2, 0.25) is 0 Å². The number of furan rings is 1. The Hall–Kier alpha value is -8.60. The van der Waals surface area contributed by atoms with Crippen LogP contribution in [0.5, 0.6) is 0 Å². The minimum absolute atomic E-state index is 0.862. The predicted octanol–water partition coefficient (Wildman–Crippen LogP) is 16.2. The van der Waals surface area contributed by atoms with Crippen molar-refractivity contribution in [3.8, 4) is 39.3 Å². The molecule has 0 saturated carbocycles. The lowest BCUT2D eigenvalue weighted by Gasteiger charge is -2.14. The molecule has 0 spiro atoms. The van der Waals surface area contributed by atoms with Gasteiger partial charge in [-0.25, -0.2) is 0 Å². The van der Waals surface area contributed by atoms with Crippen LogP contribution in [-0.4, -0.2) is 13.7 Å². The van der Waals surface area contributed by atoms with E-state index in [0.29, 0.717) is 0 Å². The van der Waals surface area contributed by atoms with Crippen LogP contribution >= 0.6 is 0 Å². The summed E-state index contributed by atoms with van der Waals surface area (Å²) in [5.41, 5.74) is 16.8. The lowest BCUT2D eigenvalue weighted by Crippen LogP contribution is -1.98. The molecule has 64 heavy (non-hydrogen) atoms. The molecule has 14 rings (SSSR count). The second-order valence-corrected chi connectivity index (χ2v) is 16.8. The van der Waals surface area contributed by atoms with E-state index in [2.05, 4.69) is 238 Å². The summed E-state index contributed by atoms with van der Waals surface area (Å²) in [6.07, 6.45) is 0. The Morgan fingerprint density at radius 2 is 0.734 bits per heavy atom. The third-order valence-corrected chi connectivity index (χ3v) is 13.5. The van der Waals surface area contributed by atoms with Crippen molar-refractivity contribution in [1.82, 2.24) is 13.7 Å². The molecule has 0 atom stereocenters. The molecule has 4 aromatic heterocycles. The summed E-state index contributed by atoms with van der Waals surface area (Å²) in [4.78, 5) is 0. The van der Waals surface area contributed by atoms with Crippen LogP contribution in [0, 0.1) is 0 Å². The van der Waals surface area contributed by atoms with Gasteiger partial charge in [0.2, 0.25) is 0 Å². The Bertz CT molecular complexity index is 4140. The number of para-hydroxylation sites is 4. The third kappa shape index (κ3) is 4.93. The Morgan fingerprint density at radius 1 is 0.266 bits per heavy atom. The van der Waals surface area contributed by atoms with E-state index in [-0.39, 0.29) is 0 Å². The van der Waals surface area contributed by atoms with Crippen LogP contribution in [0.25, 0.3) is 127 Å². The zero-order valence-electron chi connectivity index (χ0n) is 34.6. The van der Waals surface area contributed by atoms with Crippen molar-refractivity contribution in [3.63, 3.8) is 0 Å². The van der Waals surface area contributed by atoms with Crippen molar-refractivity contribution in [2.45, 2.75) is 0 Å². The molecule has 4 heterocycles. The van der Waals surface area contributed by atoms with Gasteiger partial charge < -0.3 is 18.1 Å². The molecule has 0 aliphatic rings. The van der Waals surface area contributed by atoms with E-state index in [4.69, 9.17) is 4.42 Å². The van der Waals surface area contributed by atoms with Crippen LogP contribution in [0.15, 0.2) is 229 Å². The van der Waals surface area contributed by atoms with Crippen LogP contribution < -0.4 is 0 Å². The maximum atomic E-state index is 6.77. The van der Waals surface area contributed by atoms with E-state index in [0.717, 1.165) is 61.1 Å². The summed E-state index contributed by atoms with van der Waals surface area (Å²) in [7, 11) is 0. The number of hydrogen-bond donors (Lipinski definition) is 0. The van der Waals surface area contributed by atoms with Gasteiger partial charge in [0.1, 0.15) is 11.2 Å². The van der Waals surface area contributed by atoms with Gasteiger partial charge in [0.25, 0.3) is 0 Å². The fourth-order valence-corrected chi connectivity index (χ4v) is 10.8. The molecule has 14 aromatic rings. The van der Waals surface area contributed by atoms with E-state index in [9.17, 15) is 0 Å². The zero-order valence-corrected chi connectivity index (χ0v) is 34.6. The highest BCUT2D eigenvalue weighted by Gasteiger charge is 2.23. The number of fused-ring (bicyclic) bond motifs is 12. The van der Waals surface area contributed by atoms with Crippen molar-refractivity contribution < 1.29 is 4.42 Å². The molecule has 0 aliphatic carbocycles. The topological polar surface area (TPSA) is 27.9 Å². The fourth-order valence-electron chi connectivity index (χ4n) is 10.8. The number of aromatic nitrogens is 3. The van der Waals surface area contributed by atoms with Crippen molar-refractivity contribution in [2.75, 3.05) is 0 Å². The van der Waals surface area contributed by atoms with Gasteiger partial charge in [0.05, 0.1) is 44.2 Å². The van der Waals surface area contributed by atoms with Gasteiger partial charge in [-0.15, -0.1) is 0 Å². The smallest absolute Gasteiger partial charge is 0.137 e. The molecular weight excluding hydrogens is 779 g/mol. The Labute approximate surface area is 367 Å². The van der Waals surface area contributed by atoms with E-state index in [1.165, 1.54) is 65.6 Å². The van der Waals surface area contributed by atoms with Gasteiger partial charge in [0.15, 0.2) is 0 Å². The summed E-state index contributed by atoms with van der Waals surface area (Å²) >= 11 is 0. The normalized spacial score (nSPS) is 12.1. The molecule has 0 fully saturated rings. The van der Waals surface area contributed by atoms with Gasteiger partial charge >= 0.3 is 0 Å². The Balaban J connectivity index is 1.02. The first kappa shape index (κ1) is 35.0. The first-order chi connectivity index (χ1) is 31.8. The van der Waals surface area contributed by atoms with Crippen LogP contribution in [-0.2, 0) is 0 Å². The van der Waals surface area contributed by atoms with E-state index < -0.39 is 0 Å². The summed E-state index contributed by atoms with van der Waals surface area (Å²) in [6, 6.07) is 81.4. The molecular formula is C60H37N3O. The largest absolute Gasteiger partial charge is 0.456 e. The SMILES string of the molecule is c1ccc(-c2ccccc2-c2cccc3oc4cccc(-n5c6ccccc6c6ccc(-n7c8ccccc8c8cc(-n9c%10ccccc%10c%10ccccc%109)ccc87)cc65)c4c23)cc1. The molecule has 0 aliphatic heterocycles. The van der Waals surface area contributed by atoms with Gasteiger partial charge in [-0.3, -0.25) is 0 Å². The fraction of sp³-hybridized carbons (Fsp3) is 0. The maximum Gasteiger partial charge on any atom is 0.137 e.